The van der Waals surface area contributed by atoms with Gasteiger partial charge in [-0.25, -0.2) is 26.8 Å². The summed E-state index contributed by atoms with van der Waals surface area (Å²) in [6.45, 7) is 15.6. The molecule has 1 unspecified atom stereocenters. The summed E-state index contributed by atoms with van der Waals surface area (Å²) in [6, 6.07) is 15.5. The fourth-order valence-corrected chi connectivity index (χ4v) is 10.4. The van der Waals surface area contributed by atoms with Gasteiger partial charge in [-0.2, -0.15) is 0 Å². The molecular formula is C37H52N10O7P2S2. The van der Waals surface area contributed by atoms with Crippen LogP contribution in [0.2, 0.25) is 0 Å². The number of hydrogen-bond donors (Lipinski definition) is 4. The molecule has 4 heterocycles. The molecule has 0 aliphatic carbocycles. The number of nitrogens with zero attached hydrogens (tertiary/aromatic N) is 6. The maximum absolute atomic E-state index is 13.3. The first-order valence-electron chi connectivity index (χ1n) is 18.4. The van der Waals surface area contributed by atoms with Crippen molar-refractivity contribution in [2.75, 3.05) is 73.7 Å². The Labute approximate surface area is 340 Å². The molecular weight excluding hydrogens is 823 g/mol. The van der Waals surface area contributed by atoms with Gasteiger partial charge in [0.1, 0.15) is 20.1 Å². The number of anilines is 4. The third-order valence-electron chi connectivity index (χ3n) is 9.51. The summed E-state index contributed by atoms with van der Waals surface area (Å²) in [5.41, 5.74) is 11.3. The van der Waals surface area contributed by atoms with Gasteiger partial charge < -0.3 is 34.4 Å². The van der Waals surface area contributed by atoms with Gasteiger partial charge in [0, 0.05) is 54.7 Å². The van der Waals surface area contributed by atoms with E-state index in [-0.39, 0.29) is 33.0 Å². The molecule has 0 bridgehead atoms. The molecule has 1 atom stereocenters. The molecule has 0 saturated carbocycles. The van der Waals surface area contributed by atoms with E-state index in [1.54, 1.807) is 91.0 Å². The molecule has 6 rings (SSSR count). The van der Waals surface area contributed by atoms with Gasteiger partial charge in [0.05, 0.1) is 26.0 Å². The van der Waals surface area contributed by atoms with Crippen molar-refractivity contribution in [3.63, 3.8) is 0 Å². The SMILES string of the molecule is CC(C)S(=O)(=O)c1cc(P(C)(C)=O)ccc1C1(N)C=CNC(Nc2nnc(N3CCN(c4ccccn4)CC3)o2)=N1.CC(C)S(=O)(=O)c1cc(P(C)(C)=O)ccc1N. The topological polar surface area (TPSA) is 249 Å². The van der Waals surface area contributed by atoms with Crippen LogP contribution in [-0.2, 0) is 34.5 Å². The van der Waals surface area contributed by atoms with Crippen LogP contribution in [0.5, 0.6) is 0 Å². The lowest BCUT2D eigenvalue weighted by Gasteiger charge is -2.34. The molecule has 2 aliphatic rings. The Hall–Kier alpha value is -4.54. The third-order valence-corrected chi connectivity index (χ3v) is 17.0. The van der Waals surface area contributed by atoms with Crippen LogP contribution >= 0.6 is 14.3 Å². The minimum absolute atomic E-state index is 0.00371. The zero-order valence-electron chi connectivity index (χ0n) is 33.8. The molecule has 4 aromatic rings. The Morgan fingerprint density at radius 3 is 1.95 bits per heavy atom. The maximum atomic E-state index is 13.3. The second-order valence-electron chi connectivity index (χ2n) is 15.2. The summed E-state index contributed by atoms with van der Waals surface area (Å²) in [4.78, 5) is 13.2. The highest BCUT2D eigenvalue weighted by atomic mass is 32.2. The van der Waals surface area contributed by atoms with Crippen LogP contribution < -0.4 is 42.5 Å². The smallest absolute Gasteiger partial charge is 0.323 e. The number of nitrogens with two attached hydrogens (primary N) is 2. The Balaban J connectivity index is 0.000000316. The number of benzene rings is 2. The normalized spacial score (nSPS) is 17.7. The van der Waals surface area contributed by atoms with Gasteiger partial charge in [-0.05, 0) is 96.8 Å². The van der Waals surface area contributed by atoms with Crippen molar-refractivity contribution < 1.29 is 30.4 Å². The first-order valence-corrected chi connectivity index (χ1v) is 26.7. The van der Waals surface area contributed by atoms with Crippen LogP contribution in [-0.4, -0.2) is 101 Å². The minimum Gasteiger partial charge on any atom is -0.398 e. The van der Waals surface area contributed by atoms with Crippen LogP contribution in [0, 0.1) is 0 Å². The Morgan fingerprint density at radius 2 is 1.38 bits per heavy atom. The molecule has 17 nitrogen and oxygen atoms in total. The predicted octanol–water partition coefficient (Wildman–Crippen LogP) is 3.62. The van der Waals surface area contributed by atoms with E-state index in [9.17, 15) is 26.0 Å². The number of aliphatic imine (C=N–C) groups is 1. The van der Waals surface area contributed by atoms with E-state index in [1.807, 2.05) is 23.1 Å². The Bertz CT molecular complexity index is 2510. The van der Waals surface area contributed by atoms with Gasteiger partial charge in [-0.1, -0.05) is 28.4 Å². The summed E-state index contributed by atoms with van der Waals surface area (Å²) in [5.74, 6) is 1.12. The first kappa shape index (κ1) is 44.6. The van der Waals surface area contributed by atoms with E-state index < -0.39 is 50.1 Å². The average molecular weight is 875 g/mol. The Kier molecular flexibility index (Phi) is 13.0. The highest BCUT2D eigenvalue weighted by Crippen LogP contribution is 2.39. The fraction of sp³-hybridized carbons (Fsp3) is 0.405. The van der Waals surface area contributed by atoms with Gasteiger partial charge in [-0.15, -0.1) is 0 Å². The number of aromatic nitrogens is 3. The van der Waals surface area contributed by atoms with E-state index >= 15 is 0 Å². The van der Waals surface area contributed by atoms with Crippen molar-refractivity contribution >= 4 is 74.1 Å². The number of pyridine rings is 1. The number of piperazine rings is 1. The van der Waals surface area contributed by atoms with Crippen LogP contribution in [0.25, 0.3) is 0 Å². The largest absolute Gasteiger partial charge is 0.398 e. The van der Waals surface area contributed by atoms with E-state index in [0.717, 1.165) is 18.9 Å². The monoisotopic (exact) mass is 874 g/mol. The highest BCUT2D eigenvalue weighted by Gasteiger charge is 2.36. The minimum atomic E-state index is -3.78. The zero-order valence-corrected chi connectivity index (χ0v) is 37.2. The molecule has 2 aromatic carbocycles. The number of hydrogen-bond acceptors (Lipinski definition) is 17. The summed E-state index contributed by atoms with van der Waals surface area (Å²) in [5, 5.41) is 13.9. The van der Waals surface area contributed by atoms with Crippen molar-refractivity contribution in [3.8, 4) is 0 Å². The lowest BCUT2D eigenvalue weighted by molar-refractivity contribution is 0.524. The van der Waals surface area contributed by atoms with Crippen molar-refractivity contribution in [1.82, 2.24) is 20.5 Å². The molecule has 2 aliphatic heterocycles. The number of rotatable bonds is 10. The van der Waals surface area contributed by atoms with E-state index in [2.05, 4.69) is 35.7 Å². The Morgan fingerprint density at radius 1 is 0.810 bits per heavy atom. The number of nitrogen functional groups attached to an aromatic ring is 1. The quantitative estimate of drug-likeness (QED) is 0.131. The van der Waals surface area contributed by atoms with Crippen LogP contribution in [0.3, 0.4) is 0 Å². The standard InChI is InChI=1S/C26H34N9O4PS.C11H18NO3PS/c1-18(2)41(37,38)21-17-19(40(3,4)36)8-9-20(21)26(27)10-12-29-23(31-26)30-24-32-33-25(39-24)35-15-13-34(14-16-35)22-7-5-6-11-28-22;1-8(2)17(14,15)11-7-9(16(3,4)13)5-6-10(11)12/h5-12,17-18H,13-16,27H2,1-4H3,(H2,29,30,31,32);5-8H,12H2,1-4H3. The van der Waals surface area contributed by atoms with Crippen molar-refractivity contribution in [3.05, 3.63) is 78.6 Å². The van der Waals surface area contributed by atoms with Gasteiger partial charge in [0.15, 0.2) is 25.3 Å². The zero-order chi connectivity index (χ0) is 42.8. The maximum Gasteiger partial charge on any atom is 0.323 e. The van der Waals surface area contributed by atoms with E-state index in [1.165, 1.54) is 18.2 Å². The molecule has 0 radical (unpaired) electrons. The molecule has 1 saturated heterocycles. The second-order valence-corrected chi connectivity index (χ2v) is 26.6. The molecule has 21 heteroatoms. The first-order chi connectivity index (χ1) is 26.9. The van der Waals surface area contributed by atoms with Crippen molar-refractivity contribution in [2.45, 2.75) is 53.6 Å². The number of guanidine groups is 1. The molecule has 1 fully saturated rings. The highest BCUT2D eigenvalue weighted by molar-refractivity contribution is 7.92. The van der Waals surface area contributed by atoms with E-state index in [4.69, 9.17) is 15.9 Å². The molecule has 6 N–H and O–H groups in total. The summed E-state index contributed by atoms with van der Waals surface area (Å²) in [6.07, 6.45) is 4.90. The predicted molar refractivity (Wildman–Crippen MR) is 232 cm³/mol. The third kappa shape index (κ3) is 10.0. The van der Waals surface area contributed by atoms with Crippen molar-refractivity contribution in [1.29, 1.82) is 0 Å². The van der Waals surface area contributed by atoms with Gasteiger partial charge in [0.25, 0.3) is 0 Å². The van der Waals surface area contributed by atoms with Gasteiger partial charge in [0.2, 0.25) is 5.96 Å². The fourth-order valence-electron chi connectivity index (χ4n) is 5.90. The van der Waals surface area contributed by atoms with Crippen molar-refractivity contribution in [2.24, 2.45) is 10.7 Å². The van der Waals surface area contributed by atoms with Gasteiger partial charge in [-0.3, -0.25) is 11.1 Å². The average Bonchev–Trinajstić information content (AvgIpc) is 3.62. The summed E-state index contributed by atoms with van der Waals surface area (Å²) >= 11 is 0. The van der Waals surface area contributed by atoms with Gasteiger partial charge >= 0.3 is 12.0 Å². The second kappa shape index (κ2) is 17.0. The van der Waals surface area contributed by atoms with Crippen LogP contribution in [0.4, 0.5) is 23.5 Å². The number of nitrogens with one attached hydrogen (secondary N) is 2. The molecule has 0 amide bonds. The lowest BCUT2D eigenvalue weighted by Crippen LogP contribution is -2.47. The molecule has 0 spiro atoms. The summed E-state index contributed by atoms with van der Waals surface area (Å²) in [7, 11) is -12.4. The van der Waals surface area contributed by atoms with E-state index in [0.29, 0.717) is 29.7 Å². The number of sulfone groups is 2. The van der Waals surface area contributed by atoms with Crippen LogP contribution in [0.1, 0.15) is 33.3 Å². The van der Waals surface area contributed by atoms with Crippen LogP contribution in [0.15, 0.2) is 92.3 Å². The molecule has 2 aromatic heterocycles. The lowest BCUT2D eigenvalue weighted by atomic mass is 10.00. The molecule has 58 heavy (non-hydrogen) atoms. The summed E-state index contributed by atoms with van der Waals surface area (Å²) < 4.78 is 81.4. The molecule has 314 valence electrons.